The van der Waals surface area contributed by atoms with Crippen molar-refractivity contribution >= 4 is 5.78 Å². The Morgan fingerprint density at radius 3 is 2.23 bits per heavy atom. The summed E-state index contributed by atoms with van der Waals surface area (Å²) in [6, 6.07) is 7.27. The molecular weight excluding hydrogens is 430 g/mol. The van der Waals surface area contributed by atoms with Gasteiger partial charge in [-0.25, -0.2) is 19.6 Å². The van der Waals surface area contributed by atoms with E-state index in [0.717, 1.165) is 21.3 Å². The van der Waals surface area contributed by atoms with Gasteiger partial charge in [0.1, 0.15) is 17.1 Å². The van der Waals surface area contributed by atoms with Crippen molar-refractivity contribution in [3.8, 4) is 17.3 Å². The molecule has 162 valence electrons. The average Bonchev–Trinajstić information content (AvgIpc) is 3.31. The standard InChI is InChI=1S/C18H12F6N6O/c1-31-11-4-2-10(3-5-11)8-30-14(27-15(28-30)18(22,23)24)12-9-29-7-6-13(17(19,20)21)26-16(29)25-12/h2-7,9H,8H2,1H3. The van der Waals surface area contributed by atoms with Crippen LogP contribution in [-0.2, 0) is 18.9 Å². The molecule has 0 bridgehead atoms. The zero-order chi connectivity index (χ0) is 22.4. The second-order valence-electron chi connectivity index (χ2n) is 6.41. The lowest BCUT2D eigenvalue weighted by atomic mass is 10.2. The normalized spacial score (nSPS) is 12.5. The summed E-state index contributed by atoms with van der Waals surface area (Å²) in [4.78, 5) is 10.9. The largest absolute Gasteiger partial charge is 0.497 e. The molecule has 3 aromatic heterocycles. The van der Waals surface area contributed by atoms with Crippen molar-refractivity contribution in [1.82, 2.24) is 29.1 Å². The molecule has 0 unspecified atom stereocenters. The van der Waals surface area contributed by atoms with Gasteiger partial charge >= 0.3 is 12.4 Å². The van der Waals surface area contributed by atoms with Crippen LogP contribution in [0.1, 0.15) is 17.1 Å². The molecule has 4 rings (SSSR count). The molecule has 0 aliphatic heterocycles. The average molecular weight is 442 g/mol. The van der Waals surface area contributed by atoms with E-state index in [0.29, 0.717) is 11.3 Å². The highest BCUT2D eigenvalue weighted by Crippen LogP contribution is 2.30. The molecule has 0 saturated heterocycles. The van der Waals surface area contributed by atoms with Gasteiger partial charge in [0, 0.05) is 12.4 Å². The number of rotatable bonds is 4. The Morgan fingerprint density at radius 1 is 0.903 bits per heavy atom. The summed E-state index contributed by atoms with van der Waals surface area (Å²) in [5, 5.41) is 3.52. The van der Waals surface area contributed by atoms with Crippen LogP contribution < -0.4 is 4.74 Å². The first-order valence-electron chi connectivity index (χ1n) is 8.63. The number of ether oxygens (including phenoxy) is 1. The number of alkyl halides is 6. The number of fused-ring (bicyclic) bond motifs is 1. The lowest BCUT2D eigenvalue weighted by Gasteiger charge is -2.06. The van der Waals surface area contributed by atoms with E-state index < -0.39 is 23.9 Å². The van der Waals surface area contributed by atoms with E-state index in [4.69, 9.17) is 4.74 Å². The second-order valence-corrected chi connectivity index (χ2v) is 6.41. The van der Waals surface area contributed by atoms with Crippen molar-refractivity contribution in [2.24, 2.45) is 0 Å². The molecule has 13 heteroatoms. The summed E-state index contributed by atoms with van der Waals surface area (Å²) < 4.78 is 85.4. The Morgan fingerprint density at radius 2 is 1.61 bits per heavy atom. The van der Waals surface area contributed by atoms with Crippen molar-refractivity contribution in [2.45, 2.75) is 18.9 Å². The van der Waals surface area contributed by atoms with E-state index in [-0.39, 0.29) is 23.8 Å². The number of aromatic nitrogens is 6. The highest BCUT2D eigenvalue weighted by atomic mass is 19.4. The van der Waals surface area contributed by atoms with Crippen LogP contribution >= 0.6 is 0 Å². The van der Waals surface area contributed by atoms with E-state index >= 15 is 0 Å². The topological polar surface area (TPSA) is 70.1 Å². The van der Waals surface area contributed by atoms with E-state index in [1.807, 2.05) is 0 Å². The molecule has 0 aliphatic carbocycles. The van der Waals surface area contributed by atoms with E-state index in [1.165, 1.54) is 13.3 Å². The van der Waals surface area contributed by atoms with Crippen LogP contribution in [0.3, 0.4) is 0 Å². The van der Waals surface area contributed by atoms with Gasteiger partial charge < -0.3 is 4.74 Å². The molecule has 4 aromatic rings. The molecule has 0 saturated carbocycles. The van der Waals surface area contributed by atoms with Gasteiger partial charge in [0.2, 0.25) is 5.78 Å². The first kappa shape index (κ1) is 20.6. The van der Waals surface area contributed by atoms with Crippen molar-refractivity contribution in [1.29, 1.82) is 0 Å². The van der Waals surface area contributed by atoms with E-state index in [9.17, 15) is 26.3 Å². The maximum atomic E-state index is 13.2. The fraction of sp³-hybridized carbons (Fsp3) is 0.222. The lowest BCUT2D eigenvalue weighted by Crippen LogP contribution is -2.09. The Kier molecular flexibility index (Phi) is 4.82. The third-order valence-corrected chi connectivity index (χ3v) is 4.26. The third kappa shape index (κ3) is 4.15. The van der Waals surface area contributed by atoms with Gasteiger partial charge in [-0.1, -0.05) is 12.1 Å². The second kappa shape index (κ2) is 7.25. The molecule has 0 radical (unpaired) electrons. The minimum atomic E-state index is -4.82. The Hall–Kier alpha value is -3.64. The summed E-state index contributed by atoms with van der Waals surface area (Å²) in [5.74, 6) is -1.43. The number of methoxy groups -OCH3 is 1. The molecule has 0 aliphatic rings. The van der Waals surface area contributed by atoms with Crippen LogP contribution in [0.2, 0.25) is 0 Å². The smallest absolute Gasteiger partial charge is 0.453 e. The molecular formula is C18H12F6N6O. The van der Waals surface area contributed by atoms with Crippen molar-refractivity contribution in [3.63, 3.8) is 0 Å². The van der Waals surface area contributed by atoms with Crippen LogP contribution in [0.5, 0.6) is 5.75 Å². The predicted octanol–water partition coefficient (Wildman–Crippen LogP) is 4.08. The number of imidazole rings is 1. The summed E-state index contributed by atoms with van der Waals surface area (Å²) in [5.41, 5.74) is -0.682. The van der Waals surface area contributed by atoms with Gasteiger partial charge in [0.25, 0.3) is 5.82 Å². The molecule has 0 atom stereocenters. The Bertz CT molecular complexity index is 1230. The molecule has 3 heterocycles. The number of benzene rings is 1. The number of hydrogen-bond donors (Lipinski definition) is 0. The Labute approximate surface area is 169 Å². The van der Waals surface area contributed by atoms with Crippen LogP contribution in [0, 0.1) is 0 Å². The predicted molar refractivity (Wildman–Crippen MR) is 94.1 cm³/mol. The molecule has 0 spiro atoms. The highest BCUT2D eigenvalue weighted by molar-refractivity contribution is 5.54. The fourth-order valence-corrected chi connectivity index (χ4v) is 2.80. The van der Waals surface area contributed by atoms with Crippen LogP contribution in [0.15, 0.2) is 42.7 Å². The fourth-order valence-electron chi connectivity index (χ4n) is 2.80. The highest BCUT2D eigenvalue weighted by Gasteiger charge is 2.38. The maximum Gasteiger partial charge on any atom is 0.453 e. The van der Waals surface area contributed by atoms with Crippen molar-refractivity contribution in [2.75, 3.05) is 7.11 Å². The zero-order valence-electron chi connectivity index (χ0n) is 15.6. The zero-order valence-corrected chi connectivity index (χ0v) is 15.6. The first-order chi connectivity index (χ1) is 14.5. The van der Waals surface area contributed by atoms with Crippen LogP contribution in [-0.4, -0.2) is 36.2 Å². The summed E-state index contributed by atoms with van der Waals surface area (Å²) in [7, 11) is 1.47. The number of nitrogens with zero attached hydrogens (tertiary/aromatic N) is 6. The molecule has 31 heavy (non-hydrogen) atoms. The molecule has 1 aromatic carbocycles. The minimum Gasteiger partial charge on any atom is -0.497 e. The monoisotopic (exact) mass is 442 g/mol. The summed E-state index contributed by atoms with van der Waals surface area (Å²) in [6.45, 7) is -0.0858. The van der Waals surface area contributed by atoms with Crippen molar-refractivity contribution in [3.05, 3.63) is 59.8 Å². The molecule has 0 fully saturated rings. The number of halogens is 6. The third-order valence-electron chi connectivity index (χ3n) is 4.26. The Balaban J connectivity index is 1.78. The maximum absolute atomic E-state index is 13.2. The first-order valence-corrected chi connectivity index (χ1v) is 8.63. The van der Waals surface area contributed by atoms with Crippen LogP contribution in [0.4, 0.5) is 26.3 Å². The van der Waals surface area contributed by atoms with Gasteiger partial charge in [0.15, 0.2) is 5.82 Å². The van der Waals surface area contributed by atoms with Gasteiger partial charge in [-0.05, 0) is 23.8 Å². The van der Waals surface area contributed by atoms with E-state index in [1.54, 1.807) is 24.3 Å². The van der Waals surface area contributed by atoms with Crippen LogP contribution in [0.25, 0.3) is 17.3 Å². The molecule has 0 amide bonds. The summed E-state index contributed by atoms with van der Waals surface area (Å²) in [6.07, 6.45) is -7.21. The molecule has 0 N–H and O–H groups in total. The van der Waals surface area contributed by atoms with Gasteiger partial charge in [-0.3, -0.25) is 4.40 Å². The van der Waals surface area contributed by atoms with Gasteiger partial charge in [-0.2, -0.15) is 26.3 Å². The minimum absolute atomic E-state index is 0.0858. The quantitative estimate of drug-likeness (QED) is 0.446. The SMILES string of the molecule is COc1ccc(Cn2nc(C(F)(F)F)nc2-c2cn3ccc(C(F)(F)F)nc3n2)cc1. The molecule has 7 nitrogen and oxygen atoms in total. The van der Waals surface area contributed by atoms with Gasteiger partial charge in [-0.15, -0.1) is 5.10 Å². The van der Waals surface area contributed by atoms with E-state index in [2.05, 4.69) is 20.1 Å². The number of hydrogen-bond acceptors (Lipinski definition) is 5. The van der Waals surface area contributed by atoms with Gasteiger partial charge in [0.05, 0.1) is 13.7 Å². The summed E-state index contributed by atoms with van der Waals surface area (Å²) >= 11 is 0. The lowest BCUT2D eigenvalue weighted by molar-refractivity contribution is -0.145. The van der Waals surface area contributed by atoms with Crippen molar-refractivity contribution < 1.29 is 31.1 Å².